The third-order valence-electron chi connectivity index (χ3n) is 3.73. The van der Waals surface area contributed by atoms with E-state index in [1.807, 2.05) is 0 Å². The minimum atomic E-state index is 0.128. The fraction of sp³-hybridized carbons (Fsp3) is 0.632. The van der Waals surface area contributed by atoms with Gasteiger partial charge >= 0.3 is 134 Å². The Morgan fingerprint density at radius 1 is 0.700 bits per heavy atom. The molecule has 0 aliphatic carbocycles. The SMILES string of the molecule is CC(C)(C)c1cc(C(C)(C)C)c(C#[As])c(C(C)(C)C)c1. The minimum absolute atomic E-state index is 0.128. The number of hydrogen-bond donors (Lipinski definition) is 0. The van der Waals surface area contributed by atoms with E-state index in [2.05, 4.69) is 95.3 Å². The van der Waals surface area contributed by atoms with Crippen LogP contribution in [0.1, 0.15) is 84.6 Å². The Bertz CT molecular complexity index is 502. The summed E-state index contributed by atoms with van der Waals surface area (Å²) in [6.45, 7) is 20.6. The Labute approximate surface area is 134 Å². The Kier molecular flexibility index (Phi) is 4.75. The number of hydrogen-bond acceptors (Lipinski definition) is 0. The average molecular weight is 332 g/mol. The molecule has 0 spiro atoms. The molecule has 0 heterocycles. The summed E-state index contributed by atoms with van der Waals surface area (Å²) < 4.78 is 3.39. The molecule has 1 aromatic rings. The molecule has 0 saturated heterocycles. The molecule has 0 N–H and O–H groups in total. The maximum absolute atomic E-state index is 3.39. The molecule has 110 valence electrons. The van der Waals surface area contributed by atoms with E-state index in [1.54, 1.807) is 0 Å². The quantitative estimate of drug-likeness (QED) is 0.583. The van der Waals surface area contributed by atoms with Crippen LogP contribution in [0.15, 0.2) is 12.1 Å². The molecule has 0 unspecified atom stereocenters. The Morgan fingerprint density at radius 3 is 1.25 bits per heavy atom. The molecule has 0 nitrogen and oxygen atoms in total. The van der Waals surface area contributed by atoms with Gasteiger partial charge in [-0.15, -0.1) is 0 Å². The zero-order valence-electron chi connectivity index (χ0n) is 14.6. The average Bonchev–Trinajstić information content (AvgIpc) is 2.23. The van der Waals surface area contributed by atoms with E-state index in [0.29, 0.717) is 0 Å². The second-order valence-corrected chi connectivity index (χ2v) is 9.28. The van der Waals surface area contributed by atoms with E-state index in [0.717, 1.165) is 0 Å². The molecule has 1 rings (SSSR count). The van der Waals surface area contributed by atoms with Gasteiger partial charge in [0.05, 0.1) is 0 Å². The van der Waals surface area contributed by atoms with Gasteiger partial charge < -0.3 is 0 Å². The summed E-state index contributed by atoms with van der Waals surface area (Å²) in [6.07, 6.45) is 0. The fourth-order valence-electron chi connectivity index (χ4n) is 2.38. The summed E-state index contributed by atoms with van der Waals surface area (Å²) in [5.74, 6) is 0. The molecule has 20 heavy (non-hydrogen) atoms. The van der Waals surface area contributed by atoms with Crippen molar-refractivity contribution >= 4 is 16.2 Å². The second-order valence-electron chi connectivity index (χ2n) is 8.81. The third-order valence-corrected chi connectivity index (χ3v) is 4.20. The zero-order chi connectivity index (χ0) is 15.9. The van der Waals surface area contributed by atoms with E-state index in [4.69, 9.17) is 0 Å². The van der Waals surface area contributed by atoms with Crippen molar-refractivity contribution in [3.63, 3.8) is 0 Å². The molecule has 0 bridgehead atoms. The van der Waals surface area contributed by atoms with Crippen LogP contribution in [0.3, 0.4) is 0 Å². The molecular weight excluding hydrogens is 303 g/mol. The first-order valence-corrected chi connectivity index (χ1v) is 8.32. The summed E-state index contributed by atoms with van der Waals surface area (Å²) in [6, 6.07) is 4.76. The first kappa shape index (κ1) is 17.6. The Morgan fingerprint density at radius 2 is 1.05 bits per heavy atom. The van der Waals surface area contributed by atoms with Crippen molar-refractivity contribution in [1.82, 2.24) is 0 Å². The van der Waals surface area contributed by atoms with Gasteiger partial charge in [0, 0.05) is 0 Å². The Hall–Kier alpha value is -0.442. The van der Waals surface area contributed by atoms with Crippen LogP contribution >= 0.6 is 0 Å². The van der Waals surface area contributed by atoms with Crippen molar-refractivity contribution in [3.05, 3.63) is 34.4 Å². The topological polar surface area (TPSA) is 0 Å². The van der Waals surface area contributed by atoms with Gasteiger partial charge in [0.2, 0.25) is 0 Å². The zero-order valence-corrected chi connectivity index (χ0v) is 16.5. The van der Waals surface area contributed by atoms with Gasteiger partial charge in [-0.3, -0.25) is 0 Å². The predicted molar refractivity (Wildman–Crippen MR) is 91.3 cm³/mol. The summed E-state index contributed by atoms with van der Waals surface area (Å²) in [7, 11) is 0. The molecule has 0 aliphatic heterocycles. The molecule has 0 amide bonds. The first-order valence-electron chi connectivity index (χ1n) is 7.38. The predicted octanol–water partition coefficient (Wildman–Crippen LogP) is 5.05. The van der Waals surface area contributed by atoms with Crippen molar-refractivity contribution in [3.8, 4) is 4.61 Å². The molecule has 0 saturated carbocycles. The van der Waals surface area contributed by atoms with Crippen LogP contribution in [-0.2, 0) is 16.2 Å². The van der Waals surface area contributed by atoms with Gasteiger partial charge in [0.25, 0.3) is 0 Å². The van der Waals surface area contributed by atoms with Crippen LogP contribution < -0.4 is 0 Å². The van der Waals surface area contributed by atoms with Crippen LogP contribution in [0.2, 0.25) is 0 Å². The second kappa shape index (κ2) is 5.40. The molecule has 0 aliphatic rings. The summed E-state index contributed by atoms with van der Waals surface area (Å²) >= 11 is 2.52. The van der Waals surface area contributed by atoms with Crippen LogP contribution in [0.25, 0.3) is 0 Å². The van der Waals surface area contributed by atoms with E-state index in [1.165, 1.54) is 22.3 Å². The van der Waals surface area contributed by atoms with Gasteiger partial charge in [-0.25, -0.2) is 0 Å². The van der Waals surface area contributed by atoms with Crippen molar-refractivity contribution in [1.29, 1.82) is 0 Å². The number of rotatable bonds is 0. The maximum atomic E-state index is 3.39. The molecule has 0 fully saturated rings. The molecule has 0 aromatic heterocycles. The summed E-state index contributed by atoms with van der Waals surface area (Å²) in [5, 5.41) is 0. The van der Waals surface area contributed by atoms with E-state index < -0.39 is 0 Å². The summed E-state index contributed by atoms with van der Waals surface area (Å²) in [5.41, 5.74) is 5.91. The van der Waals surface area contributed by atoms with Crippen molar-refractivity contribution in [2.75, 3.05) is 0 Å². The van der Waals surface area contributed by atoms with Crippen LogP contribution in [-0.4, -0.2) is 16.2 Å². The van der Waals surface area contributed by atoms with Crippen molar-refractivity contribution in [2.45, 2.75) is 78.6 Å². The van der Waals surface area contributed by atoms with Gasteiger partial charge in [-0.2, -0.15) is 0 Å². The number of benzene rings is 1. The van der Waals surface area contributed by atoms with E-state index >= 15 is 0 Å². The monoisotopic (exact) mass is 332 g/mol. The standard InChI is InChI=1S/C19H29As/c1-17(2,3)13-10-15(18(4,5)6)14(12-20)16(11-13)19(7,8)9/h10-11H,1-9H3. The van der Waals surface area contributed by atoms with E-state index in [-0.39, 0.29) is 16.2 Å². The fourth-order valence-corrected chi connectivity index (χ4v) is 2.88. The first-order chi connectivity index (χ1) is 8.78. The van der Waals surface area contributed by atoms with Crippen LogP contribution in [0.5, 0.6) is 0 Å². The van der Waals surface area contributed by atoms with Crippen LogP contribution in [0, 0.1) is 4.61 Å². The van der Waals surface area contributed by atoms with Gasteiger partial charge in [-0.1, -0.05) is 0 Å². The summed E-state index contributed by atoms with van der Waals surface area (Å²) in [4.78, 5) is 0. The van der Waals surface area contributed by atoms with Gasteiger partial charge in [-0.05, 0) is 0 Å². The normalized spacial score (nSPS) is 13.2. The van der Waals surface area contributed by atoms with Crippen molar-refractivity contribution in [2.24, 2.45) is 0 Å². The Balaban J connectivity index is 3.81. The van der Waals surface area contributed by atoms with E-state index in [9.17, 15) is 0 Å². The van der Waals surface area contributed by atoms with Crippen molar-refractivity contribution < 1.29 is 0 Å². The third kappa shape index (κ3) is 3.81. The molecular formula is C19H29As. The van der Waals surface area contributed by atoms with Gasteiger partial charge in [0.15, 0.2) is 0 Å². The molecule has 0 radical (unpaired) electrons. The molecule has 1 aromatic carbocycles. The van der Waals surface area contributed by atoms with Gasteiger partial charge in [0.1, 0.15) is 0 Å². The molecule has 0 atom stereocenters. The van der Waals surface area contributed by atoms with Crippen LogP contribution in [0.4, 0.5) is 0 Å². The molecule has 1 heteroatoms.